The quantitative estimate of drug-likeness (QED) is 0.646. The van der Waals surface area contributed by atoms with E-state index in [2.05, 4.69) is 55.2 Å². The van der Waals surface area contributed by atoms with E-state index >= 15 is 0 Å². The largest absolute Gasteiger partial charge is 0.356 e. The van der Waals surface area contributed by atoms with Gasteiger partial charge in [0.1, 0.15) is 0 Å². The first kappa shape index (κ1) is 20.8. The Kier molecular flexibility index (Phi) is 5.07. The van der Waals surface area contributed by atoms with E-state index in [1.807, 2.05) is 24.0 Å². The number of amides is 2. The Hall–Kier alpha value is -3.08. The summed E-state index contributed by atoms with van der Waals surface area (Å²) >= 11 is 0. The summed E-state index contributed by atoms with van der Waals surface area (Å²) in [5, 5.41) is 1.14. The number of unbranched alkanes of at least 4 members (excludes halogenated alkanes) is 1. The lowest BCUT2D eigenvalue weighted by Crippen LogP contribution is -2.67. The molecule has 166 valence electrons. The highest BCUT2D eigenvalue weighted by atomic mass is 16.2. The van der Waals surface area contributed by atoms with Gasteiger partial charge in [0.15, 0.2) is 5.54 Å². The lowest BCUT2D eigenvalue weighted by Gasteiger charge is -2.51. The second-order valence-corrected chi connectivity index (χ2v) is 9.26. The average Bonchev–Trinajstić information content (AvgIpc) is 3.21. The van der Waals surface area contributed by atoms with Crippen molar-refractivity contribution in [2.24, 2.45) is 0 Å². The van der Waals surface area contributed by atoms with Crippen molar-refractivity contribution in [3.8, 4) is 0 Å². The summed E-state index contributed by atoms with van der Waals surface area (Å²) in [7, 11) is 0. The highest BCUT2D eigenvalue weighted by Gasteiger charge is 2.56. The molecule has 0 aliphatic carbocycles. The summed E-state index contributed by atoms with van der Waals surface area (Å²) in [5.41, 5.74) is 4.52. The monoisotopic (exact) mass is 429 g/mol. The molecule has 5 nitrogen and oxygen atoms in total. The molecule has 1 N–H and O–H groups in total. The number of fused-ring (bicyclic) bond motifs is 5. The maximum Gasteiger partial charge on any atom is 0.254 e. The Morgan fingerprint density at radius 1 is 1.06 bits per heavy atom. The van der Waals surface area contributed by atoms with Crippen LogP contribution in [0.4, 0.5) is 0 Å². The number of hydrogen-bond donors (Lipinski definition) is 1. The van der Waals surface area contributed by atoms with Gasteiger partial charge in [-0.25, -0.2) is 0 Å². The average molecular weight is 430 g/mol. The molecule has 5 heteroatoms. The standard InChI is InChI=1S/C27H31N3O2/c1-4-6-15-29-17-23(31)30-16-21(19-13-11-18(5-2)12-14-19)24-20-9-7-8-10-22(20)28-25(24)27(30,3)26(29)32/h7-14,21,28H,4-6,15-17H2,1-3H3/t21-,27-/m1/s1. The van der Waals surface area contributed by atoms with Crippen LogP contribution in [0, 0.1) is 0 Å². The van der Waals surface area contributed by atoms with Crippen molar-refractivity contribution in [3.05, 3.63) is 70.9 Å². The molecule has 3 heterocycles. The van der Waals surface area contributed by atoms with Crippen molar-refractivity contribution in [2.75, 3.05) is 19.6 Å². The lowest BCUT2D eigenvalue weighted by molar-refractivity contribution is -0.166. The van der Waals surface area contributed by atoms with E-state index < -0.39 is 5.54 Å². The number of piperazine rings is 1. The predicted molar refractivity (Wildman–Crippen MR) is 127 cm³/mol. The van der Waals surface area contributed by atoms with Gasteiger partial charge in [-0.3, -0.25) is 9.59 Å². The Labute approximate surface area is 189 Å². The van der Waals surface area contributed by atoms with Crippen molar-refractivity contribution in [2.45, 2.75) is 51.5 Å². The molecule has 3 aromatic rings. The molecule has 0 radical (unpaired) electrons. The molecule has 5 rings (SSSR count). The van der Waals surface area contributed by atoms with Gasteiger partial charge < -0.3 is 14.8 Å². The number of H-pyrrole nitrogens is 1. The number of rotatable bonds is 5. The number of aromatic amines is 1. The zero-order valence-electron chi connectivity index (χ0n) is 19.1. The Morgan fingerprint density at radius 3 is 2.53 bits per heavy atom. The minimum Gasteiger partial charge on any atom is -0.356 e. The molecule has 0 saturated carbocycles. The molecule has 1 aromatic heterocycles. The number of benzene rings is 2. The van der Waals surface area contributed by atoms with Gasteiger partial charge in [0, 0.05) is 29.9 Å². The van der Waals surface area contributed by atoms with Crippen LogP contribution < -0.4 is 0 Å². The van der Waals surface area contributed by atoms with Gasteiger partial charge in [-0.05, 0) is 42.5 Å². The molecule has 2 atom stereocenters. The van der Waals surface area contributed by atoms with Gasteiger partial charge in [-0.2, -0.15) is 0 Å². The molecule has 2 aliphatic rings. The van der Waals surface area contributed by atoms with Crippen LogP contribution in [0.15, 0.2) is 48.5 Å². The fourth-order valence-electron chi connectivity index (χ4n) is 5.49. The lowest BCUT2D eigenvalue weighted by atomic mass is 9.76. The van der Waals surface area contributed by atoms with E-state index in [4.69, 9.17) is 0 Å². The first-order chi connectivity index (χ1) is 15.5. The predicted octanol–water partition coefficient (Wildman–Crippen LogP) is 4.56. The smallest absolute Gasteiger partial charge is 0.254 e. The van der Waals surface area contributed by atoms with E-state index in [-0.39, 0.29) is 24.3 Å². The molecular formula is C27H31N3O2. The molecular weight excluding hydrogens is 398 g/mol. The van der Waals surface area contributed by atoms with E-state index in [9.17, 15) is 9.59 Å². The Bertz CT molecular complexity index is 1180. The van der Waals surface area contributed by atoms with Gasteiger partial charge in [0.2, 0.25) is 5.91 Å². The highest BCUT2D eigenvalue weighted by Crippen LogP contribution is 2.48. The number of carbonyl (C=O) groups excluding carboxylic acids is 2. The maximum absolute atomic E-state index is 13.8. The van der Waals surface area contributed by atoms with Crippen molar-refractivity contribution < 1.29 is 9.59 Å². The second kappa shape index (κ2) is 7.80. The summed E-state index contributed by atoms with van der Waals surface area (Å²) in [6.45, 7) is 7.50. The fourth-order valence-corrected chi connectivity index (χ4v) is 5.49. The van der Waals surface area contributed by atoms with Crippen molar-refractivity contribution in [3.63, 3.8) is 0 Å². The molecule has 2 aromatic carbocycles. The van der Waals surface area contributed by atoms with Crippen LogP contribution in [-0.2, 0) is 21.5 Å². The molecule has 32 heavy (non-hydrogen) atoms. The van der Waals surface area contributed by atoms with Crippen molar-refractivity contribution >= 4 is 22.7 Å². The molecule has 1 saturated heterocycles. The zero-order chi connectivity index (χ0) is 22.5. The van der Waals surface area contributed by atoms with Crippen LogP contribution in [0.3, 0.4) is 0 Å². The molecule has 0 unspecified atom stereocenters. The normalized spacial score (nSPS) is 22.9. The number of nitrogens with one attached hydrogen (secondary N) is 1. The van der Waals surface area contributed by atoms with Crippen LogP contribution in [-0.4, -0.2) is 46.2 Å². The molecule has 2 amide bonds. The van der Waals surface area contributed by atoms with Crippen molar-refractivity contribution in [1.82, 2.24) is 14.8 Å². The maximum atomic E-state index is 13.8. The van der Waals surface area contributed by atoms with Crippen LogP contribution in [0.25, 0.3) is 10.9 Å². The molecule has 0 spiro atoms. The van der Waals surface area contributed by atoms with Crippen LogP contribution in [0.2, 0.25) is 0 Å². The summed E-state index contributed by atoms with van der Waals surface area (Å²) in [6.07, 6.45) is 2.89. The second-order valence-electron chi connectivity index (χ2n) is 9.26. The highest BCUT2D eigenvalue weighted by molar-refractivity contribution is 6.01. The minimum atomic E-state index is -1.00. The fraction of sp³-hybridized carbons (Fsp3) is 0.407. The number of aryl methyl sites for hydroxylation is 1. The van der Waals surface area contributed by atoms with Crippen LogP contribution >= 0.6 is 0 Å². The molecule has 1 fully saturated rings. The number of aromatic nitrogens is 1. The summed E-state index contributed by atoms with van der Waals surface area (Å²) in [4.78, 5) is 34.3. The van der Waals surface area contributed by atoms with Gasteiger partial charge in [0.25, 0.3) is 5.91 Å². The third-order valence-electron chi connectivity index (χ3n) is 7.39. The number of carbonyl (C=O) groups is 2. The van der Waals surface area contributed by atoms with Crippen molar-refractivity contribution in [1.29, 1.82) is 0 Å². The van der Waals surface area contributed by atoms with E-state index in [1.165, 1.54) is 11.1 Å². The Balaban J connectivity index is 1.70. The SMILES string of the molecule is CCCCN1CC(=O)N2C[C@H](c3ccc(CC)cc3)c3c([nH]c4ccccc34)[C@]2(C)C1=O. The molecule has 2 aliphatic heterocycles. The number of para-hydroxylation sites is 1. The van der Waals surface area contributed by atoms with E-state index in [0.29, 0.717) is 13.1 Å². The third kappa shape index (κ3) is 2.98. The van der Waals surface area contributed by atoms with Gasteiger partial charge in [0.05, 0.1) is 12.2 Å². The summed E-state index contributed by atoms with van der Waals surface area (Å²) < 4.78 is 0. The topological polar surface area (TPSA) is 56.4 Å². The van der Waals surface area contributed by atoms with E-state index in [1.54, 1.807) is 4.90 Å². The van der Waals surface area contributed by atoms with Crippen LogP contribution in [0.1, 0.15) is 61.9 Å². The zero-order valence-corrected chi connectivity index (χ0v) is 19.1. The van der Waals surface area contributed by atoms with Gasteiger partial charge in [-0.1, -0.05) is 62.7 Å². The first-order valence-electron chi connectivity index (χ1n) is 11.8. The van der Waals surface area contributed by atoms with Crippen LogP contribution in [0.5, 0.6) is 0 Å². The Morgan fingerprint density at radius 2 is 1.81 bits per heavy atom. The molecule has 0 bridgehead atoms. The third-order valence-corrected chi connectivity index (χ3v) is 7.39. The minimum absolute atomic E-state index is 0.0261. The first-order valence-corrected chi connectivity index (χ1v) is 11.8. The summed E-state index contributed by atoms with van der Waals surface area (Å²) in [6, 6.07) is 17.0. The van der Waals surface area contributed by atoms with E-state index in [0.717, 1.165) is 41.4 Å². The number of hydrogen-bond acceptors (Lipinski definition) is 2. The van der Waals surface area contributed by atoms with Gasteiger partial charge >= 0.3 is 0 Å². The summed E-state index contributed by atoms with van der Waals surface area (Å²) in [5.74, 6) is 0.0832. The van der Waals surface area contributed by atoms with Gasteiger partial charge in [-0.15, -0.1) is 0 Å². The number of nitrogens with zero attached hydrogens (tertiary/aromatic N) is 2.